The van der Waals surface area contributed by atoms with Gasteiger partial charge in [-0.15, -0.1) is 0 Å². The van der Waals surface area contributed by atoms with Gasteiger partial charge in [0.25, 0.3) is 5.78 Å². The van der Waals surface area contributed by atoms with E-state index in [1.807, 2.05) is 19.9 Å². The smallest absolute Gasteiger partial charge is 0.378 e. The van der Waals surface area contributed by atoms with Crippen molar-refractivity contribution in [1.82, 2.24) is 4.98 Å². The normalized spacial score (nSPS) is 19.1. The number of aliphatic hydroxyl groups is 1. The van der Waals surface area contributed by atoms with E-state index in [-0.39, 0.29) is 24.1 Å². The topological polar surface area (TPSA) is 85.7 Å². The highest BCUT2D eigenvalue weighted by atomic mass is 19.1. The summed E-state index contributed by atoms with van der Waals surface area (Å²) in [5.41, 5.74) is 5.13. The highest BCUT2D eigenvalue weighted by Gasteiger charge is 2.34. The number of aliphatic hydroxyl groups excluding tert-OH is 1. The minimum atomic E-state index is -1.38. The van der Waals surface area contributed by atoms with Crippen LogP contribution in [0.1, 0.15) is 68.5 Å². The third-order valence-electron chi connectivity index (χ3n) is 5.61. The number of cyclic esters (lactones) is 1. The largest absolute Gasteiger partial charge is 0.452 e. The number of benzene rings is 1. The number of aromatic nitrogens is 1. The fourth-order valence-corrected chi connectivity index (χ4v) is 4.03. The van der Waals surface area contributed by atoms with E-state index in [9.17, 15) is 19.1 Å². The summed E-state index contributed by atoms with van der Waals surface area (Å²) in [6, 6.07) is 6.26. The molecule has 1 fully saturated rings. The van der Waals surface area contributed by atoms with Gasteiger partial charge >= 0.3 is 5.97 Å². The molecule has 1 N–H and O–H groups in total. The van der Waals surface area contributed by atoms with Crippen LogP contribution in [0.25, 0.3) is 17.2 Å². The molecule has 0 spiro atoms. The summed E-state index contributed by atoms with van der Waals surface area (Å²) >= 11 is 0. The van der Waals surface area contributed by atoms with Crippen molar-refractivity contribution in [3.05, 3.63) is 58.7 Å². The van der Waals surface area contributed by atoms with E-state index in [0.717, 1.165) is 33.6 Å². The van der Waals surface area contributed by atoms with Gasteiger partial charge in [-0.25, -0.2) is 9.18 Å². The van der Waals surface area contributed by atoms with Crippen molar-refractivity contribution in [1.29, 1.82) is 0 Å². The molecule has 0 amide bonds. The molecule has 0 saturated carbocycles. The Kier molecular flexibility index (Phi) is 7.76. The molecule has 0 unspecified atom stereocenters. The van der Waals surface area contributed by atoms with Gasteiger partial charge in [-0.2, -0.15) is 0 Å². The first kappa shape index (κ1) is 24.7. The molecule has 3 rings (SSSR count). The zero-order valence-electron chi connectivity index (χ0n) is 19.6. The predicted molar refractivity (Wildman–Crippen MR) is 123 cm³/mol. The van der Waals surface area contributed by atoms with Crippen LogP contribution in [-0.4, -0.2) is 41.2 Å². The summed E-state index contributed by atoms with van der Waals surface area (Å²) in [5, 5.41) is 9.88. The van der Waals surface area contributed by atoms with Crippen LogP contribution < -0.4 is 0 Å². The standard InChI is InChI=1S/C26H30FNO5/c1-14(2)23-19(11-10-18-12-21(29)25(30)26(31)33-18)22(16-6-8-17(27)9-7-16)20(13-32-5)24(28-23)15(3)4/h6-11,14-15,18,21,29H,12-13H2,1-5H3/b11-10+/t18-,21-/m1/s1. The number of carbonyl (C=O) groups is 2. The van der Waals surface area contributed by atoms with Gasteiger partial charge in [0.15, 0.2) is 0 Å². The Balaban J connectivity index is 2.23. The number of hydrogen-bond donors (Lipinski definition) is 1. The lowest BCUT2D eigenvalue weighted by Gasteiger charge is -2.25. The molecule has 7 heteroatoms. The summed E-state index contributed by atoms with van der Waals surface area (Å²) in [4.78, 5) is 28.3. The SMILES string of the molecule is COCc1c(C(C)C)nc(C(C)C)c(/C=C/[C@@H]2C[C@@H](O)C(=O)C(=O)O2)c1-c1ccc(F)cc1. The van der Waals surface area contributed by atoms with E-state index in [2.05, 4.69) is 13.8 Å². The van der Waals surface area contributed by atoms with Crippen molar-refractivity contribution in [2.75, 3.05) is 7.11 Å². The summed E-state index contributed by atoms with van der Waals surface area (Å²) in [5.74, 6) is -2.11. The molecular formula is C26H30FNO5. The molecule has 33 heavy (non-hydrogen) atoms. The molecule has 6 nitrogen and oxygen atoms in total. The Bertz CT molecular complexity index is 1060. The van der Waals surface area contributed by atoms with E-state index in [1.54, 1.807) is 25.3 Å². The van der Waals surface area contributed by atoms with Crippen molar-refractivity contribution in [3.63, 3.8) is 0 Å². The summed E-state index contributed by atoms with van der Waals surface area (Å²) < 4.78 is 24.4. The molecule has 1 aliphatic rings. The molecule has 2 atom stereocenters. The van der Waals surface area contributed by atoms with E-state index in [1.165, 1.54) is 12.1 Å². The number of carbonyl (C=O) groups excluding carboxylic acids is 2. The van der Waals surface area contributed by atoms with Gasteiger partial charge in [-0.05, 0) is 41.2 Å². The number of hydrogen-bond acceptors (Lipinski definition) is 6. The van der Waals surface area contributed by atoms with Crippen molar-refractivity contribution in [2.24, 2.45) is 0 Å². The van der Waals surface area contributed by atoms with Gasteiger partial charge in [0, 0.05) is 30.4 Å². The third kappa shape index (κ3) is 5.37. The monoisotopic (exact) mass is 455 g/mol. The molecule has 0 radical (unpaired) electrons. The van der Waals surface area contributed by atoms with E-state index in [4.69, 9.17) is 14.5 Å². The second kappa shape index (κ2) is 10.4. The zero-order valence-corrected chi connectivity index (χ0v) is 19.6. The van der Waals surface area contributed by atoms with E-state index < -0.39 is 24.0 Å². The lowest BCUT2D eigenvalue weighted by atomic mass is 9.87. The van der Waals surface area contributed by atoms with Gasteiger partial charge in [-0.3, -0.25) is 9.78 Å². The maximum Gasteiger partial charge on any atom is 0.378 e. The Hall–Kier alpha value is -2.90. The number of Topliss-reactive ketones (excluding diaryl/α,β-unsaturated/α-hetero) is 1. The molecule has 0 bridgehead atoms. The summed E-state index contributed by atoms with van der Waals surface area (Å²) in [7, 11) is 1.62. The molecule has 1 aromatic heterocycles. The number of pyridine rings is 1. The van der Waals surface area contributed by atoms with Crippen LogP contribution in [0.5, 0.6) is 0 Å². The van der Waals surface area contributed by atoms with Crippen LogP contribution in [0.2, 0.25) is 0 Å². The van der Waals surface area contributed by atoms with Gasteiger partial charge in [0.1, 0.15) is 18.0 Å². The molecule has 1 saturated heterocycles. The lowest BCUT2D eigenvalue weighted by Crippen LogP contribution is -2.40. The van der Waals surface area contributed by atoms with Crippen LogP contribution in [0.3, 0.4) is 0 Å². The quantitative estimate of drug-likeness (QED) is 0.487. The fraction of sp³-hybridized carbons (Fsp3) is 0.423. The second-order valence-corrected chi connectivity index (χ2v) is 8.82. The van der Waals surface area contributed by atoms with Crippen LogP contribution in [-0.2, 0) is 25.7 Å². The number of ketones is 1. The number of halogens is 1. The lowest BCUT2D eigenvalue weighted by molar-refractivity contribution is -0.167. The fourth-order valence-electron chi connectivity index (χ4n) is 4.03. The van der Waals surface area contributed by atoms with Gasteiger partial charge < -0.3 is 14.6 Å². The number of esters is 1. The molecular weight excluding hydrogens is 425 g/mol. The number of methoxy groups -OCH3 is 1. The first-order valence-corrected chi connectivity index (χ1v) is 11.1. The third-order valence-corrected chi connectivity index (χ3v) is 5.61. The highest BCUT2D eigenvalue weighted by Crippen LogP contribution is 2.38. The molecule has 1 aliphatic heterocycles. The van der Waals surface area contributed by atoms with Crippen LogP contribution in [0, 0.1) is 5.82 Å². The maximum absolute atomic E-state index is 13.7. The summed E-state index contributed by atoms with van der Waals surface area (Å²) in [6.45, 7) is 8.53. The number of ether oxygens (including phenoxy) is 2. The van der Waals surface area contributed by atoms with Gasteiger partial charge in [0.05, 0.1) is 12.3 Å². The minimum absolute atomic E-state index is 0.00754. The Morgan fingerprint density at radius 3 is 2.33 bits per heavy atom. The van der Waals surface area contributed by atoms with Crippen LogP contribution >= 0.6 is 0 Å². The number of rotatable bonds is 7. The van der Waals surface area contributed by atoms with Gasteiger partial charge in [0.2, 0.25) is 0 Å². The molecule has 2 heterocycles. The Morgan fingerprint density at radius 1 is 1.15 bits per heavy atom. The second-order valence-electron chi connectivity index (χ2n) is 8.82. The van der Waals surface area contributed by atoms with Gasteiger partial charge in [-0.1, -0.05) is 45.9 Å². The van der Waals surface area contributed by atoms with Crippen LogP contribution in [0.4, 0.5) is 4.39 Å². The predicted octanol–water partition coefficient (Wildman–Crippen LogP) is 4.54. The molecule has 1 aromatic carbocycles. The Morgan fingerprint density at radius 2 is 1.79 bits per heavy atom. The van der Waals surface area contributed by atoms with Crippen molar-refractivity contribution in [2.45, 2.75) is 64.8 Å². The minimum Gasteiger partial charge on any atom is -0.452 e. The average molecular weight is 456 g/mol. The van der Waals surface area contributed by atoms with Crippen molar-refractivity contribution in [3.8, 4) is 11.1 Å². The molecule has 176 valence electrons. The van der Waals surface area contributed by atoms with E-state index in [0.29, 0.717) is 6.61 Å². The zero-order chi connectivity index (χ0) is 24.3. The number of nitrogens with zero attached hydrogens (tertiary/aromatic N) is 1. The van der Waals surface area contributed by atoms with E-state index >= 15 is 0 Å². The first-order valence-electron chi connectivity index (χ1n) is 11.1. The maximum atomic E-state index is 13.7. The Labute approximate surface area is 193 Å². The van der Waals surface area contributed by atoms with Crippen LogP contribution in [0.15, 0.2) is 30.3 Å². The summed E-state index contributed by atoms with van der Waals surface area (Å²) in [6.07, 6.45) is 1.33. The van der Waals surface area contributed by atoms with Crippen molar-refractivity contribution >= 4 is 17.8 Å². The first-order chi connectivity index (χ1) is 15.6. The van der Waals surface area contributed by atoms with Crippen molar-refractivity contribution < 1.29 is 28.6 Å². The highest BCUT2D eigenvalue weighted by molar-refractivity contribution is 6.35. The molecule has 0 aliphatic carbocycles. The average Bonchev–Trinajstić information content (AvgIpc) is 2.76. The molecule has 2 aromatic rings.